The first-order chi connectivity index (χ1) is 11.1. The molecule has 0 aliphatic rings. The quantitative estimate of drug-likeness (QED) is 0.502. The summed E-state index contributed by atoms with van der Waals surface area (Å²) in [5.41, 5.74) is 8.28. The zero-order chi connectivity index (χ0) is 16.2. The Kier molecular flexibility index (Phi) is 4.16. The van der Waals surface area contributed by atoms with Crippen molar-refractivity contribution in [3.63, 3.8) is 0 Å². The number of rotatable bonds is 3. The molecular formula is C17H14N4OS. The van der Waals surface area contributed by atoms with Crippen LogP contribution in [0.5, 0.6) is 5.88 Å². The first kappa shape index (κ1) is 14.9. The zero-order valence-corrected chi connectivity index (χ0v) is 12.9. The average molecular weight is 322 g/mol. The molecule has 0 aliphatic carbocycles. The minimum Gasteiger partial charge on any atom is -0.494 e. The van der Waals surface area contributed by atoms with E-state index in [2.05, 4.69) is 15.2 Å². The van der Waals surface area contributed by atoms with Gasteiger partial charge >= 0.3 is 0 Å². The summed E-state index contributed by atoms with van der Waals surface area (Å²) < 4.78 is 0. The number of thiocarbonyl (C=S) groups is 1. The number of nitrogens with two attached hydrogens (primary N) is 1. The van der Waals surface area contributed by atoms with E-state index in [9.17, 15) is 5.11 Å². The molecule has 114 valence electrons. The Hall–Kier alpha value is -2.99. The highest BCUT2D eigenvalue weighted by Gasteiger charge is 2.10. The number of aromatic nitrogens is 1. The molecule has 5 nitrogen and oxygen atoms in total. The van der Waals surface area contributed by atoms with E-state index in [0.29, 0.717) is 11.3 Å². The molecule has 0 radical (unpaired) electrons. The molecule has 0 saturated carbocycles. The number of aromatic hydroxyl groups is 1. The van der Waals surface area contributed by atoms with Crippen molar-refractivity contribution in [2.24, 2.45) is 16.0 Å². The number of H-pyrrole nitrogens is 1. The number of aromatic amines is 1. The summed E-state index contributed by atoms with van der Waals surface area (Å²) in [7, 11) is 0. The van der Waals surface area contributed by atoms with Crippen molar-refractivity contribution in [2.45, 2.75) is 0 Å². The molecule has 0 amide bonds. The van der Waals surface area contributed by atoms with Crippen LogP contribution in [0.15, 0.2) is 64.8 Å². The Bertz CT molecular complexity index is 913. The Balaban J connectivity index is 2.17. The summed E-state index contributed by atoms with van der Waals surface area (Å²) in [6.07, 6.45) is 1.76. The highest BCUT2D eigenvalue weighted by atomic mass is 32.1. The highest BCUT2D eigenvalue weighted by Crippen LogP contribution is 2.31. The minimum absolute atomic E-state index is 0.0463. The summed E-state index contributed by atoms with van der Waals surface area (Å²) in [6.45, 7) is 0. The molecule has 1 aromatic heterocycles. The second kappa shape index (κ2) is 6.41. The first-order valence-electron chi connectivity index (χ1n) is 6.93. The molecule has 3 aromatic rings. The van der Waals surface area contributed by atoms with Crippen LogP contribution in [0.2, 0.25) is 0 Å². The SMILES string of the molecule is NC(=S)N=N/C(=C/c1c(O)[nH]c2ccccc12)c1ccccc1. The van der Waals surface area contributed by atoms with E-state index >= 15 is 0 Å². The number of para-hydroxylation sites is 1. The summed E-state index contributed by atoms with van der Waals surface area (Å²) in [5.74, 6) is 0.0742. The number of benzene rings is 2. The molecule has 23 heavy (non-hydrogen) atoms. The smallest absolute Gasteiger partial charge is 0.211 e. The molecule has 4 N–H and O–H groups in total. The van der Waals surface area contributed by atoms with Crippen LogP contribution in [0.1, 0.15) is 11.1 Å². The summed E-state index contributed by atoms with van der Waals surface area (Å²) in [5, 5.41) is 18.9. The minimum atomic E-state index is -0.0463. The van der Waals surface area contributed by atoms with Crippen LogP contribution in [0, 0.1) is 0 Å². The van der Waals surface area contributed by atoms with Gasteiger partial charge in [0.25, 0.3) is 0 Å². The maximum atomic E-state index is 10.2. The molecule has 0 unspecified atom stereocenters. The van der Waals surface area contributed by atoms with Gasteiger partial charge in [-0.3, -0.25) is 0 Å². The molecule has 0 fully saturated rings. The molecule has 0 aliphatic heterocycles. The van der Waals surface area contributed by atoms with Crippen LogP contribution in [0.25, 0.3) is 22.7 Å². The van der Waals surface area contributed by atoms with Crippen molar-refractivity contribution in [3.8, 4) is 5.88 Å². The van der Waals surface area contributed by atoms with Crippen LogP contribution in [-0.2, 0) is 0 Å². The normalized spacial score (nSPS) is 12.1. The number of hydrogen-bond acceptors (Lipinski definition) is 3. The van der Waals surface area contributed by atoms with Crippen LogP contribution in [0.3, 0.4) is 0 Å². The Labute approximate surface area is 138 Å². The van der Waals surface area contributed by atoms with Crippen molar-refractivity contribution in [1.82, 2.24) is 4.98 Å². The lowest BCUT2D eigenvalue weighted by molar-refractivity contribution is 0.457. The Morgan fingerprint density at radius 1 is 1.04 bits per heavy atom. The van der Waals surface area contributed by atoms with E-state index in [4.69, 9.17) is 18.0 Å². The molecule has 3 rings (SSSR count). The molecule has 0 saturated heterocycles. The van der Waals surface area contributed by atoms with Crippen molar-refractivity contribution in [1.29, 1.82) is 0 Å². The van der Waals surface area contributed by atoms with E-state index in [1.807, 2.05) is 54.6 Å². The maximum absolute atomic E-state index is 10.2. The van der Waals surface area contributed by atoms with Gasteiger partial charge in [0.1, 0.15) is 0 Å². The molecule has 2 aromatic carbocycles. The number of nitrogens with zero attached hydrogens (tertiary/aromatic N) is 2. The van der Waals surface area contributed by atoms with Crippen molar-refractivity contribution in [2.75, 3.05) is 0 Å². The third kappa shape index (κ3) is 3.27. The van der Waals surface area contributed by atoms with E-state index < -0.39 is 0 Å². The first-order valence-corrected chi connectivity index (χ1v) is 7.34. The van der Waals surface area contributed by atoms with Gasteiger partial charge in [0.05, 0.1) is 5.70 Å². The average Bonchev–Trinajstić information content (AvgIpc) is 2.87. The van der Waals surface area contributed by atoms with Crippen LogP contribution in [0.4, 0.5) is 0 Å². The van der Waals surface area contributed by atoms with Gasteiger partial charge in [-0.15, -0.1) is 10.2 Å². The van der Waals surface area contributed by atoms with Crippen LogP contribution < -0.4 is 5.73 Å². The third-order valence-corrected chi connectivity index (χ3v) is 3.41. The summed E-state index contributed by atoms with van der Waals surface area (Å²) in [4.78, 5) is 2.94. The lowest BCUT2D eigenvalue weighted by atomic mass is 10.1. The van der Waals surface area contributed by atoms with E-state index in [1.165, 1.54) is 0 Å². The predicted molar refractivity (Wildman–Crippen MR) is 95.9 cm³/mol. The monoisotopic (exact) mass is 322 g/mol. The molecular weight excluding hydrogens is 308 g/mol. The lowest BCUT2D eigenvalue weighted by Gasteiger charge is -2.01. The predicted octanol–water partition coefficient (Wildman–Crippen LogP) is 4.07. The van der Waals surface area contributed by atoms with Gasteiger partial charge in [0, 0.05) is 22.0 Å². The standard InChI is InChI=1S/C17H14N4OS/c18-17(23)21-20-15(11-6-2-1-3-7-11)10-13-12-8-4-5-9-14(12)19-16(13)22/h1-10,19,22H,(H2,18,23)/b15-10+,21-20?. The molecule has 1 heterocycles. The van der Waals surface area contributed by atoms with Gasteiger partial charge in [-0.1, -0.05) is 48.5 Å². The van der Waals surface area contributed by atoms with Gasteiger partial charge in [0.15, 0.2) is 5.88 Å². The topological polar surface area (TPSA) is 86.8 Å². The van der Waals surface area contributed by atoms with Gasteiger partial charge < -0.3 is 15.8 Å². The fourth-order valence-electron chi connectivity index (χ4n) is 2.31. The van der Waals surface area contributed by atoms with Crippen molar-refractivity contribution < 1.29 is 5.11 Å². The van der Waals surface area contributed by atoms with Gasteiger partial charge in [-0.2, -0.15) is 0 Å². The number of hydrogen-bond donors (Lipinski definition) is 3. The molecule has 0 bridgehead atoms. The number of azo groups is 1. The Morgan fingerprint density at radius 3 is 2.48 bits per heavy atom. The van der Waals surface area contributed by atoms with E-state index in [-0.39, 0.29) is 11.0 Å². The summed E-state index contributed by atoms with van der Waals surface area (Å²) in [6, 6.07) is 17.1. The fourth-order valence-corrected chi connectivity index (χ4v) is 2.36. The number of fused-ring (bicyclic) bond motifs is 1. The second-order valence-electron chi connectivity index (χ2n) is 4.87. The van der Waals surface area contributed by atoms with Crippen LogP contribution in [-0.4, -0.2) is 15.2 Å². The van der Waals surface area contributed by atoms with Gasteiger partial charge in [0.2, 0.25) is 5.11 Å². The lowest BCUT2D eigenvalue weighted by Crippen LogP contribution is -2.01. The zero-order valence-electron chi connectivity index (χ0n) is 12.1. The van der Waals surface area contributed by atoms with Crippen molar-refractivity contribution >= 4 is 40.0 Å². The molecule has 0 spiro atoms. The molecule has 6 heteroatoms. The van der Waals surface area contributed by atoms with Crippen LogP contribution >= 0.6 is 12.2 Å². The summed E-state index contributed by atoms with van der Waals surface area (Å²) >= 11 is 4.75. The number of nitrogens with one attached hydrogen (secondary N) is 1. The van der Waals surface area contributed by atoms with E-state index in [1.54, 1.807) is 6.08 Å². The fraction of sp³-hybridized carbons (Fsp3) is 0. The second-order valence-corrected chi connectivity index (χ2v) is 5.28. The largest absolute Gasteiger partial charge is 0.494 e. The molecule has 0 atom stereocenters. The maximum Gasteiger partial charge on any atom is 0.211 e. The van der Waals surface area contributed by atoms with Gasteiger partial charge in [-0.25, -0.2) is 0 Å². The van der Waals surface area contributed by atoms with E-state index in [0.717, 1.165) is 16.5 Å². The Morgan fingerprint density at radius 2 is 1.74 bits per heavy atom. The highest BCUT2D eigenvalue weighted by molar-refractivity contribution is 7.80. The third-order valence-electron chi connectivity index (χ3n) is 3.33. The van der Waals surface area contributed by atoms with Gasteiger partial charge in [-0.05, 0) is 24.4 Å². The van der Waals surface area contributed by atoms with Crippen molar-refractivity contribution in [3.05, 3.63) is 65.7 Å².